The van der Waals surface area contributed by atoms with Crippen LogP contribution in [-0.2, 0) is 13.0 Å². The van der Waals surface area contributed by atoms with Gasteiger partial charge in [-0.15, -0.1) is 0 Å². The first-order chi connectivity index (χ1) is 13.3. The molecule has 0 saturated carbocycles. The van der Waals surface area contributed by atoms with E-state index >= 15 is 0 Å². The fraction of sp³-hybridized carbons (Fsp3) is 0.318. The lowest BCUT2D eigenvalue weighted by atomic mass is 10.1. The van der Waals surface area contributed by atoms with Crippen molar-refractivity contribution in [2.75, 3.05) is 6.61 Å². The average Bonchev–Trinajstić information content (AvgIpc) is 3.11. The second-order valence-corrected chi connectivity index (χ2v) is 6.74. The number of unbranched alkanes of at least 4 members (excludes halogenated alkanes) is 3. The molecule has 3 aromatic rings. The van der Waals surface area contributed by atoms with E-state index < -0.39 is 0 Å². The van der Waals surface area contributed by atoms with Crippen LogP contribution >= 0.6 is 0 Å². The molecule has 3 rings (SSSR count). The van der Waals surface area contributed by atoms with E-state index in [-0.39, 0.29) is 5.84 Å². The summed E-state index contributed by atoms with van der Waals surface area (Å²) in [6.07, 6.45) is 7.22. The number of aromatic nitrogens is 1. The number of benzene rings is 2. The zero-order valence-electron chi connectivity index (χ0n) is 15.6. The normalized spacial score (nSPS) is 11.8. The maximum absolute atomic E-state index is 8.59. The predicted octanol–water partition coefficient (Wildman–Crippen LogP) is 4.57. The largest absolute Gasteiger partial charge is 0.494 e. The van der Waals surface area contributed by atoms with Crippen molar-refractivity contribution in [3.05, 3.63) is 66.4 Å². The summed E-state index contributed by atoms with van der Waals surface area (Å²) in [5.74, 6) is 1.06. The number of nitrogens with two attached hydrogens (primary N) is 1. The third-order valence-electron chi connectivity index (χ3n) is 4.68. The summed E-state index contributed by atoms with van der Waals surface area (Å²) in [6, 6.07) is 18.4. The zero-order chi connectivity index (χ0) is 18.9. The molecular weight excluding hydrogens is 338 g/mol. The van der Waals surface area contributed by atoms with Crippen LogP contribution in [0, 0.1) is 0 Å². The maximum atomic E-state index is 8.59. The zero-order valence-corrected chi connectivity index (χ0v) is 15.6. The third-order valence-corrected chi connectivity index (χ3v) is 4.68. The second kappa shape index (κ2) is 9.67. The first kappa shape index (κ1) is 18.8. The molecule has 0 radical (unpaired) electrons. The lowest BCUT2D eigenvalue weighted by Gasteiger charge is -2.08. The molecule has 0 aliphatic rings. The quantitative estimate of drug-likeness (QED) is 0.182. The Kier molecular flexibility index (Phi) is 6.74. The summed E-state index contributed by atoms with van der Waals surface area (Å²) in [5.41, 5.74) is 7.82. The van der Waals surface area contributed by atoms with Gasteiger partial charge in [0, 0.05) is 24.7 Å². The molecule has 0 unspecified atom stereocenters. The summed E-state index contributed by atoms with van der Waals surface area (Å²) >= 11 is 0. The fourth-order valence-corrected chi connectivity index (χ4v) is 3.21. The van der Waals surface area contributed by atoms with Gasteiger partial charge in [-0.1, -0.05) is 48.3 Å². The highest BCUT2D eigenvalue weighted by Crippen LogP contribution is 2.17. The van der Waals surface area contributed by atoms with E-state index in [0.29, 0.717) is 6.42 Å². The molecular formula is C22H27N3O2. The van der Waals surface area contributed by atoms with Gasteiger partial charge >= 0.3 is 0 Å². The Morgan fingerprint density at radius 2 is 1.74 bits per heavy atom. The van der Waals surface area contributed by atoms with Gasteiger partial charge in [0.15, 0.2) is 0 Å². The van der Waals surface area contributed by atoms with Crippen molar-refractivity contribution in [2.24, 2.45) is 10.9 Å². The van der Waals surface area contributed by atoms with Gasteiger partial charge in [0.1, 0.15) is 11.6 Å². The average molecular weight is 365 g/mol. The molecule has 1 heterocycles. The van der Waals surface area contributed by atoms with E-state index in [4.69, 9.17) is 15.7 Å². The molecule has 0 aliphatic heterocycles. The van der Waals surface area contributed by atoms with Crippen LogP contribution in [0.5, 0.6) is 5.75 Å². The smallest absolute Gasteiger partial charge is 0.143 e. The van der Waals surface area contributed by atoms with E-state index in [1.165, 1.54) is 30.2 Å². The topological polar surface area (TPSA) is 72.8 Å². The molecule has 27 heavy (non-hydrogen) atoms. The Morgan fingerprint density at radius 1 is 0.963 bits per heavy atom. The van der Waals surface area contributed by atoms with Gasteiger partial charge in [-0.05, 0) is 48.1 Å². The van der Waals surface area contributed by atoms with Crippen molar-refractivity contribution in [1.29, 1.82) is 0 Å². The van der Waals surface area contributed by atoms with Gasteiger partial charge in [-0.2, -0.15) is 0 Å². The predicted molar refractivity (Wildman–Crippen MR) is 109 cm³/mol. The number of para-hydroxylation sites is 1. The molecule has 3 N–H and O–H groups in total. The van der Waals surface area contributed by atoms with Gasteiger partial charge in [0.25, 0.3) is 0 Å². The molecule has 0 fully saturated rings. The van der Waals surface area contributed by atoms with Crippen molar-refractivity contribution in [3.63, 3.8) is 0 Å². The third kappa shape index (κ3) is 5.51. The van der Waals surface area contributed by atoms with Crippen LogP contribution in [0.1, 0.15) is 31.2 Å². The van der Waals surface area contributed by atoms with E-state index in [0.717, 1.165) is 30.9 Å². The van der Waals surface area contributed by atoms with E-state index in [1.54, 1.807) is 0 Å². The summed E-state index contributed by atoms with van der Waals surface area (Å²) in [5, 5.41) is 12.9. The van der Waals surface area contributed by atoms with Crippen LogP contribution < -0.4 is 10.5 Å². The minimum atomic E-state index is 0.205. The van der Waals surface area contributed by atoms with Gasteiger partial charge in [-0.25, -0.2) is 0 Å². The molecule has 1 aromatic heterocycles. The Morgan fingerprint density at radius 3 is 2.56 bits per heavy atom. The minimum Gasteiger partial charge on any atom is -0.494 e. The number of oxime groups is 1. The number of hydrogen-bond acceptors (Lipinski definition) is 3. The number of fused-ring (bicyclic) bond motifs is 1. The molecule has 0 spiro atoms. The lowest BCUT2D eigenvalue weighted by molar-refractivity contribution is 0.304. The molecule has 0 bridgehead atoms. The van der Waals surface area contributed by atoms with Crippen LogP contribution in [0.4, 0.5) is 0 Å². The van der Waals surface area contributed by atoms with Crippen LogP contribution in [0.15, 0.2) is 65.9 Å². The number of amidine groups is 1. The van der Waals surface area contributed by atoms with Gasteiger partial charge in [-0.3, -0.25) is 0 Å². The minimum absolute atomic E-state index is 0.205. The number of nitrogens with zero attached hydrogens (tertiary/aromatic N) is 2. The van der Waals surface area contributed by atoms with Crippen molar-refractivity contribution in [2.45, 2.75) is 38.6 Å². The number of ether oxygens (including phenoxy) is 1. The molecule has 5 nitrogen and oxygen atoms in total. The fourth-order valence-electron chi connectivity index (χ4n) is 3.21. The van der Waals surface area contributed by atoms with Crippen LogP contribution in [0.3, 0.4) is 0 Å². The Balaban J connectivity index is 1.30. The monoisotopic (exact) mass is 365 g/mol. The molecule has 5 heteroatoms. The number of aryl methyl sites for hydroxylation is 1. The molecule has 0 saturated heterocycles. The van der Waals surface area contributed by atoms with Crippen molar-refractivity contribution in [1.82, 2.24) is 4.57 Å². The van der Waals surface area contributed by atoms with Crippen molar-refractivity contribution >= 4 is 16.7 Å². The van der Waals surface area contributed by atoms with Crippen molar-refractivity contribution in [3.8, 4) is 5.75 Å². The maximum Gasteiger partial charge on any atom is 0.143 e. The SMILES string of the molecule is N/C(Cc1ccc(OCCCCCCn2ccc3ccccc32)cc1)=N/O. The van der Waals surface area contributed by atoms with Gasteiger partial charge < -0.3 is 20.2 Å². The van der Waals surface area contributed by atoms with Gasteiger partial charge in [0.2, 0.25) is 0 Å². The number of rotatable bonds is 10. The summed E-state index contributed by atoms with van der Waals surface area (Å²) < 4.78 is 8.12. The van der Waals surface area contributed by atoms with Crippen LogP contribution in [0.2, 0.25) is 0 Å². The standard InChI is InChI=1S/C22H27N3O2/c23-22(24-26)17-18-9-11-20(12-10-18)27-16-6-2-1-5-14-25-15-13-19-7-3-4-8-21(19)25/h3-4,7-13,15,26H,1-2,5-6,14,16-17H2,(H2,23,24). The van der Waals surface area contributed by atoms with E-state index in [2.05, 4.69) is 46.3 Å². The highest BCUT2D eigenvalue weighted by Gasteiger charge is 2.01. The summed E-state index contributed by atoms with van der Waals surface area (Å²) in [7, 11) is 0. The van der Waals surface area contributed by atoms with Crippen LogP contribution in [0.25, 0.3) is 10.9 Å². The Hall–Kier alpha value is -2.95. The van der Waals surface area contributed by atoms with E-state index in [9.17, 15) is 0 Å². The Bertz CT molecular complexity index is 869. The Labute approximate surface area is 160 Å². The molecule has 142 valence electrons. The van der Waals surface area contributed by atoms with E-state index in [1.807, 2.05) is 24.3 Å². The second-order valence-electron chi connectivity index (χ2n) is 6.74. The highest BCUT2D eigenvalue weighted by molar-refractivity contribution is 5.82. The van der Waals surface area contributed by atoms with Gasteiger partial charge in [0.05, 0.1) is 6.61 Å². The molecule has 0 atom stereocenters. The van der Waals surface area contributed by atoms with Crippen molar-refractivity contribution < 1.29 is 9.94 Å². The highest BCUT2D eigenvalue weighted by atomic mass is 16.5. The molecule has 2 aromatic carbocycles. The van der Waals surface area contributed by atoms with Crippen LogP contribution in [-0.4, -0.2) is 22.2 Å². The molecule has 0 aliphatic carbocycles. The number of hydrogen-bond donors (Lipinski definition) is 2. The summed E-state index contributed by atoms with van der Waals surface area (Å²) in [4.78, 5) is 0. The first-order valence-electron chi connectivity index (χ1n) is 9.48. The molecule has 0 amide bonds. The lowest BCUT2D eigenvalue weighted by Crippen LogP contribution is -2.14. The first-order valence-corrected chi connectivity index (χ1v) is 9.48. The summed E-state index contributed by atoms with van der Waals surface area (Å²) in [6.45, 7) is 1.79.